The molecule has 2 N–H and O–H groups in total. The maximum Gasteiger partial charge on any atom is 0.546 e. The van der Waals surface area contributed by atoms with Gasteiger partial charge in [0.25, 0.3) is 6.01 Å². The summed E-state index contributed by atoms with van der Waals surface area (Å²) in [6.07, 6.45) is 6.55. The molecule has 1 unspecified atom stereocenters. The summed E-state index contributed by atoms with van der Waals surface area (Å²) in [5.41, 5.74) is 5.63. The van der Waals surface area contributed by atoms with Crippen LogP contribution in [-0.4, -0.2) is 14.9 Å². The molecule has 5 nitrogen and oxygen atoms in total. The van der Waals surface area contributed by atoms with Gasteiger partial charge in [0.2, 0.25) is 5.30 Å². The molecule has 1 aromatic heterocycles. The van der Waals surface area contributed by atoms with Crippen molar-refractivity contribution in [1.82, 2.24) is 9.97 Å². The van der Waals surface area contributed by atoms with Crippen LogP contribution in [0.3, 0.4) is 0 Å². The summed E-state index contributed by atoms with van der Waals surface area (Å²) in [5, 5.41) is 0.985. The Kier molecular flexibility index (Phi) is 6.20. The molecule has 1 heterocycles. The zero-order valence-corrected chi connectivity index (χ0v) is 20.0. The Hall–Kier alpha value is -2.72. The molecule has 33 heavy (non-hydrogen) atoms. The summed E-state index contributed by atoms with van der Waals surface area (Å²) in [6, 6.07) is 17.9. The van der Waals surface area contributed by atoms with E-state index in [4.69, 9.17) is 16.3 Å². The van der Waals surface area contributed by atoms with E-state index in [2.05, 4.69) is 34.2 Å². The molecule has 0 spiro atoms. The average molecular weight is 480 g/mol. The number of ether oxygens (including phenoxy) is 1. The highest BCUT2D eigenvalue weighted by Crippen LogP contribution is 2.36. The van der Waals surface area contributed by atoms with E-state index in [-0.39, 0.29) is 0 Å². The Bertz CT molecular complexity index is 1330. The third-order valence-corrected chi connectivity index (χ3v) is 7.66. The van der Waals surface area contributed by atoms with E-state index < -0.39 is 8.03 Å². The maximum absolute atomic E-state index is 11.5. The van der Waals surface area contributed by atoms with Crippen LogP contribution in [0.2, 0.25) is 5.02 Å². The summed E-state index contributed by atoms with van der Waals surface area (Å²) in [6.45, 7) is 1.79. The monoisotopic (exact) mass is 479 g/mol. The fourth-order valence-electron chi connectivity index (χ4n) is 4.62. The standard InChI is InChI=1S/C26H24ClN2O3P/c1-16-7-12-20(13-25(16)33(30)31)32-26-28-23-14-21(22(27)15-24(23)29-26)19-10-8-18(9-11-19)17-5-3-2-4-6-17/h7-15,17H,2-6H2,1H3,(H-,28,29,30,31)/p+1. The Morgan fingerprint density at radius 3 is 2.55 bits per heavy atom. The molecular formula is C26H25ClN2O3P+. The van der Waals surface area contributed by atoms with E-state index in [1.54, 1.807) is 25.1 Å². The molecule has 0 bridgehead atoms. The van der Waals surface area contributed by atoms with Crippen LogP contribution in [0, 0.1) is 6.92 Å². The van der Waals surface area contributed by atoms with Crippen molar-refractivity contribution in [1.29, 1.82) is 0 Å². The predicted molar refractivity (Wildman–Crippen MR) is 133 cm³/mol. The second-order valence-electron chi connectivity index (χ2n) is 8.67. The Labute approximate surface area is 198 Å². The molecule has 1 atom stereocenters. The van der Waals surface area contributed by atoms with E-state index in [1.165, 1.54) is 37.7 Å². The summed E-state index contributed by atoms with van der Waals surface area (Å²) < 4.78 is 17.4. The van der Waals surface area contributed by atoms with Gasteiger partial charge in [-0.05, 0) is 59.6 Å². The first-order chi connectivity index (χ1) is 16.0. The van der Waals surface area contributed by atoms with Crippen LogP contribution in [0.25, 0.3) is 22.2 Å². The molecule has 1 aliphatic carbocycles. The second kappa shape index (κ2) is 9.26. The lowest BCUT2D eigenvalue weighted by molar-refractivity contribution is 0.443. The molecule has 4 aromatic rings. The number of aromatic nitrogens is 2. The predicted octanol–water partition coefficient (Wildman–Crippen LogP) is 7.39. The first kappa shape index (κ1) is 22.1. The minimum absolute atomic E-state index is 0.300. The van der Waals surface area contributed by atoms with Gasteiger partial charge in [0.05, 0.1) is 16.1 Å². The number of nitrogens with zero attached hydrogens (tertiary/aromatic N) is 1. The Morgan fingerprint density at radius 1 is 1.06 bits per heavy atom. The normalized spacial score (nSPS) is 15.1. The Balaban J connectivity index is 1.41. The molecule has 0 radical (unpaired) electrons. The number of hydrogen-bond donors (Lipinski definition) is 2. The number of aryl methyl sites for hydroxylation is 1. The molecule has 0 aliphatic heterocycles. The van der Waals surface area contributed by atoms with Gasteiger partial charge >= 0.3 is 8.03 Å². The van der Waals surface area contributed by atoms with Crippen molar-refractivity contribution in [3.8, 4) is 22.9 Å². The van der Waals surface area contributed by atoms with Crippen LogP contribution in [0.1, 0.15) is 49.1 Å². The highest BCUT2D eigenvalue weighted by molar-refractivity contribution is 7.47. The molecule has 7 heteroatoms. The van der Waals surface area contributed by atoms with Crippen molar-refractivity contribution in [2.45, 2.75) is 44.9 Å². The number of nitrogens with one attached hydrogen (secondary N) is 1. The Morgan fingerprint density at radius 2 is 1.82 bits per heavy atom. The minimum Gasteiger partial charge on any atom is -0.425 e. The molecule has 0 saturated heterocycles. The SMILES string of the molecule is Cc1ccc(Oc2nc3cc(-c4ccc(C5CCCCC5)cc4)c(Cl)cc3[nH]2)cc1[P+](=O)O. The summed E-state index contributed by atoms with van der Waals surface area (Å²) in [5.74, 6) is 1.11. The van der Waals surface area contributed by atoms with Crippen molar-refractivity contribution in [3.05, 3.63) is 70.7 Å². The molecule has 3 aromatic carbocycles. The lowest BCUT2D eigenvalue weighted by atomic mass is 9.84. The van der Waals surface area contributed by atoms with Crippen molar-refractivity contribution < 1.29 is 14.2 Å². The lowest BCUT2D eigenvalue weighted by Gasteiger charge is -2.22. The highest BCUT2D eigenvalue weighted by Gasteiger charge is 2.21. The van der Waals surface area contributed by atoms with Crippen molar-refractivity contribution in [2.24, 2.45) is 0 Å². The van der Waals surface area contributed by atoms with Gasteiger partial charge in [-0.3, -0.25) is 0 Å². The number of rotatable bonds is 5. The first-order valence-corrected chi connectivity index (χ1v) is 12.8. The average Bonchev–Trinajstić information content (AvgIpc) is 3.21. The van der Waals surface area contributed by atoms with Gasteiger partial charge in [-0.25, -0.2) is 0 Å². The van der Waals surface area contributed by atoms with E-state index in [9.17, 15) is 9.46 Å². The third-order valence-electron chi connectivity index (χ3n) is 6.45. The van der Waals surface area contributed by atoms with Gasteiger partial charge in [0.1, 0.15) is 5.75 Å². The van der Waals surface area contributed by atoms with Crippen LogP contribution in [0.4, 0.5) is 0 Å². The summed E-state index contributed by atoms with van der Waals surface area (Å²) in [7, 11) is -2.45. The first-order valence-electron chi connectivity index (χ1n) is 11.2. The van der Waals surface area contributed by atoms with E-state index in [0.29, 0.717) is 28.0 Å². The van der Waals surface area contributed by atoms with Crippen LogP contribution in [-0.2, 0) is 4.57 Å². The van der Waals surface area contributed by atoms with Crippen LogP contribution >= 0.6 is 19.6 Å². The van der Waals surface area contributed by atoms with Crippen molar-refractivity contribution in [2.75, 3.05) is 0 Å². The molecule has 168 valence electrons. The van der Waals surface area contributed by atoms with Gasteiger partial charge in [-0.15, -0.1) is 0 Å². The van der Waals surface area contributed by atoms with Crippen LogP contribution < -0.4 is 10.0 Å². The topological polar surface area (TPSA) is 75.2 Å². The largest absolute Gasteiger partial charge is 0.546 e. The molecule has 5 rings (SSSR count). The van der Waals surface area contributed by atoms with E-state index in [1.807, 2.05) is 12.1 Å². The number of imidazole rings is 1. The van der Waals surface area contributed by atoms with Gasteiger partial charge < -0.3 is 9.72 Å². The molecular weight excluding hydrogens is 455 g/mol. The summed E-state index contributed by atoms with van der Waals surface area (Å²) in [4.78, 5) is 17.2. The smallest absolute Gasteiger partial charge is 0.425 e. The van der Waals surface area contributed by atoms with Gasteiger partial charge in [-0.2, -0.15) is 9.88 Å². The minimum atomic E-state index is -2.45. The molecule has 1 aliphatic rings. The summed E-state index contributed by atoms with van der Waals surface area (Å²) >= 11 is 6.62. The number of hydrogen-bond acceptors (Lipinski definition) is 3. The van der Waals surface area contributed by atoms with Gasteiger partial charge in [0.15, 0.2) is 0 Å². The fourth-order valence-corrected chi connectivity index (χ4v) is 5.50. The second-order valence-corrected chi connectivity index (χ2v) is 10.1. The van der Waals surface area contributed by atoms with Crippen molar-refractivity contribution in [3.63, 3.8) is 0 Å². The zero-order valence-electron chi connectivity index (χ0n) is 18.3. The maximum atomic E-state index is 11.5. The van der Waals surface area contributed by atoms with E-state index in [0.717, 1.165) is 27.7 Å². The molecule has 1 fully saturated rings. The molecule has 1 saturated carbocycles. The van der Waals surface area contributed by atoms with Gasteiger partial charge in [0, 0.05) is 17.2 Å². The number of benzene rings is 3. The van der Waals surface area contributed by atoms with Crippen molar-refractivity contribution >= 4 is 36.0 Å². The highest BCUT2D eigenvalue weighted by atomic mass is 35.5. The number of fused-ring (bicyclic) bond motifs is 1. The number of aromatic amines is 1. The van der Waals surface area contributed by atoms with Crippen LogP contribution in [0.5, 0.6) is 11.8 Å². The van der Waals surface area contributed by atoms with Gasteiger partial charge in [-0.1, -0.05) is 61.2 Å². The zero-order chi connectivity index (χ0) is 22.9. The molecule has 0 amide bonds. The third kappa shape index (κ3) is 4.67. The number of H-pyrrole nitrogens is 1. The van der Waals surface area contributed by atoms with E-state index >= 15 is 0 Å². The lowest BCUT2D eigenvalue weighted by Crippen LogP contribution is -2.04. The quantitative estimate of drug-likeness (QED) is 0.292. The van der Waals surface area contributed by atoms with Crippen LogP contribution in [0.15, 0.2) is 54.6 Å². The number of halogens is 1. The fraction of sp³-hybridized carbons (Fsp3) is 0.269.